The minimum absolute atomic E-state index is 0.0605. The molecule has 2 heterocycles. The number of nitrogens with one attached hydrogen (secondary N) is 2. The molecule has 2 aromatic rings. The molecule has 0 radical (unpaired) electrons. The number of carbonyl (C=O) groups excluding carboxylic acids is 3. The number of thiazole rings is 1. The summed E-state index contributed by atoms with van der Waals surface area (Å²) in [6, 6.07) is 6.97. The molecule has 0 saturated carbocycles. The minimum Gasteiger partial charge on any atom is -0.497 e. The van der Waals surface area contributed by atoms with E-state index in [0.29, 0.717) is 22.3 Å². The molecular weight excluding hydrogens is 368 g/mol. The van der Waals surface area contributed by atoms with E-state index < -0.39 is 17.7 Å². The van der Waals surface area contributed by atoms with E-state index in [0.717, 1.165) is 0 Å². The molecule has 3 rings (SSSR count). The summed E-state index contributed by atoms with van der Waals surface area (Å²) in [7, 11) is 1.57. The highest BCUT2D eigenvalue weighted by molar-refractivity contribution is 7.14. The summed E-state index contributed by atoms with van der Waals surface area (Å²) < 4.78 is 5.07. The van der Waals surface area contributed by atoms with Gasteiger partial charge in [0.05, 0.1) is 19.2 Å². The zero-order valence-corrected chi connectivity index (χ0v) is 15.2. The van der Waals surface area contributed by atoms with Crippen molar-refractivity contribution in [1.29, 1.82) is 0 Å². The maximum Gasteiger partial charge on any atom is 0.262 e. The summed E-state index contributed by atoms with van der Waals surface area (Å²) in [6.07, 6.45) is 4.42. The fraction of sp³-hybridized carbons (Fsp3) is 0.167. The maximum absolute atomic E-state index is 12.1. The second kappa shape index (κ2) is 8.37. The van der Waals surface area contributed by atoms with E-state index in [-0.39, 0.29) is 12.3 Å². The van der Waals surface area contributed by atoms with E-state index in [9.17, 15) is 14.4 Å². The Morgan fingerprint density at radius 2 is 2.00 bits per heavy atom. The first-order valence-electron chi connectivity index (χ1n) is 7.99. The molecule has 1 aliphatic heterocycles. The van der Waals surface area contributed by atoms with Gasteiger partial charge in [0.25, 0.3) is 5.91 Å². The number of rotatable bonds is 6. The fourth-order valence-electron chi connectivity index (χ4n) is 2.31. The average Bonchev–Trinajstić information content (AvgIpc) is 3.09. The summed E-state index contributed by atoms with van der Waals surface area (Å²) in [4.78, 5) is 43.6. The zero-order chi connectivity index (χ0) is 19.2. The highest BCUT2D eigenvalue weighted by atomic mass is 32.1. The molecule has 2 N–H and O–H groups in total. The lowest BCUT2D eigenvalue weighted by Crippen LogP contribution is -2.28. The SMILES string of the molecule is COc1ccc(NC(=O)Cc2csc(NC(=O)C3C=CC=NC3=O)n2)cc1. The molecule has 9 heteroatoms. The third-order valence-corrected chi connectivity index (χ3v) is 4.44. The van der Waals surface area contributed by atoms with Gasteiger partial charge in [0.1, 0.15) is 11.7 Å². The summed E-state index contributed by atoms with van der Waals surface area (Å²) >= 11 is 1.18. The van der Waals surface area contributed by atoms with E-state index in [1.54, 1.807) is 42.8 Å². The van der Waals surface area contributed by atoms with Crippen molar-refractivity contribution in [2.75, 3.05) is 17.7 Å². The van der Waals surface area contributed by atoms with Crippen LogP contribution in [0.2, 0.25) is 0 Å². The first-order chi connectivity index (χ1) is 13.0. The van der Waals surface area contributed by atoms with Crippen molar-refractivity contribution in [3.05, 3.63) is 47.5 Å². The van der Waals surface area contributed by atoms with Gasteiger partial charge in [0.15, 0.2) is 5.13 Å². The third-order valence-electron chi connectivity index (χ3n) is 3.64. The van der Waals surface area contributed by atoms with Crippen molar-refractivity contribution < 1.29 is 19.1 Å². The molecule has 0 fully saturated rings. The van der Waals surface area contributed by atoms with E-state index in [2.05, 4.69) is 20.6 Å². The lowest BCUT2D eigenvalue weighted by atomic mass is 10.1. The van der Waals surface area contributed by atoms with E-state index in [1.165, 1.54) is 23.6 Å². The van der Waals surface area contributed by atoms with Crippen molar-refractivity contribution in [2.24, 2.45) is 10.9 Å². The lowest BCUT2D eigenvalue weighted by Gasteiger charge is -2.09. The Hall–Kier alpha value is -3.33. The zero-order valence-electron chi connectivity index (χ0n) is 14.3. The van der Waals surface area contributed by atoms with Gasteiger partial charge in [-0.2, -0.15) is 0 Å². The topological polar surface area (TPSA) is 110 Å². The number of dihydropyridines is 1. The number of allylic oxidation sites excluding steroid dienone is 1. The standard InChI is InChI=1S/C18H16N4O4S/c1-26-13-6-4-11(5-7-13)20-15(23)9-12-10-27-18(21-12)22-17(25)14-3-2-8-19-16(14)24/h2-8,10,14H,9H2,1H3,(H,20,23)(H,21,22,25). The van der Waals surface area contributed by atoms with Crippen LogP contribution in [0.1, 0.15) is 5.69 Å². The van der Waals surface area contributed by atoms with Crippen molar-refractivity contribution in [3.63, 3.8) is 0 Å². The lowest BCUT2D eigenvalue weighted by molar-refractivity contribution is -0.128. The second-order valence-corrected chi connectivity index (χ2v) is 6.42. The first-order valence-corrected chi connectivity index (χ1v) is 8.87. The fourth-order valence-corrected chi connectivity index (χ4v) is 3.03. The number of benzene rings is 1. The van der Waals surface area contributed by atoms with Crippen LogP contribution in [0.15, 0.2) is 46.8 Å². The molecule has 0 aliphatic carbocycles. The molecule has 3 amide bonds. The van der Waals surface area contributed by atoms with Gasteiger partial charge in [0, 0.05) is 17.3 Å². The summed E-state index contributed by atoms with van der Waals surface area (Å²) in [5.41, 5.74) is 1.16. The Morgan fingerprint density at radius 3 is 2.70 bits per heavy atom. The molecule has 1 atom stereocenters. The van der Waals surface area contributed by atoms with Gasteiger partial charge in [-0.1, -0.05) is 6.08 Å². The Balaban J connectivity index is 1.54. The van der Waals surface area contributed by atoms with Crippen LogP contribution in [0.25, 0.3) is 0 Å². The molecule has 0 saturated heterocycles. The van der Waals surface area contributed by atoms with Crippen LogP contribution < -0.4 is 15.4 Å². The highest BCUT2D eigenvalue weighted by Gasteiger charge is 2.25. The molecule has 27 heavy (non-hydrogen) atoms. The Kier molecular flexibility index (Phi) is 5.72. The number of hydrogen-bond donors (Lipinski definition) is 2. The van der Waals surface area contributed by atoms with Crippen LogP contribution >= 0.6 is 11.3 Å². The van der Waals surface area contributed by atoms with Crippen LogP contribution in [0.3, 0.4) is 0 Å². The first kappa shape index (κ1) is 18.5. The maximum atomic E-state index is 12.1. The van der Waals surface area contributed by atoms with Crippen molar-refractivity contribution in [3.8, 4) is 5.75 Å². The number of aromatic nitrogens is 1. The van der Waals surface area contributed by atoms with Crippen LogP contribution in [0.4, 0.5) is 10.8 Å². The molecular formula is C18H16N4O4S. The van der Waals surface area contributed by atoms with Gasteiger partial charge in [-0.15, -0.1) is 11.3 Å². The van der Waals surface area contributed by atoms with Crippen LogP contribution in [-0.4, -0.2) is 36.0 Å². The molecule has 1 aliphatic rings. The van der Waals surface area contributed by atoms with Crippen molar-refractivity contribution >= 4 is 46.1 Å². The molecule has 0 bridgehead atoms. The number of methoxy groups -OCH3 is 1. The smallest absolute Gasteiger partial charge is 0.262 e. The minimum atomic E-state index is -0.958. The van der Waals surface area contributed by atoms with Gasteiger partial charge in [-0.05, 0) is 30.3 Å². The van der Waals surface area contributed by atoms with E-state index in [4.69, 9.17) is 4.74 Å². The monoisotopic (exact) mass is 384 g/mol. The quantitative estimate of drug-likeness (QED) is 0.741. The predicted octanol–water partition coefficient (Wildman–Crippen LogP) is 2.05. The predicted molar refractivity (Wildman–Crippen MR) is 102 cm³/mol. The average molecular weight is 384 g/mol. The van der Waals surface area contributed by atoms with Crippen LogP contribution in [-0.2, 0) is 20.8 Å². The molecule has 1 aromatic carbocycles. The van der Waals surface area contributed by atoms with Gasteiger partial charge < -0.3 is 15.4 Å². The van der Waals surface area contributed by atoms with Gasteiger partial charge in [-0.3, -0.25) is 14.4 Å². The van der Waals surface area contributed by atoms with Gasteiger partial charge in [0.2, 0.25) is 11.8 Å². The molecule has 8 nitrogen and oxygen atoms in total. The molecule has 1 unspecified atom stereocenters. The second-order valence-electron chi connectivity index (χ2n) is 5.57. The molecule has 0 spiro atoms. The summed E-state index contributed by atoms with van der Waals surface area (Å²) in [5, 5.41) is 7.34. The third kappa shape index (κ3) is 4.85. The van der Waals surface area contributed by atoms with Crippen LogP contribution in [0.5, 0.6) is 5.75 Å². The number of nitrogens with zero attached hydrogens (tertiary/aromatic N) is 2. The summed E-state index contributed by atoms with van der Waals surface area (Å²) in [5.74, 6) is -1.52. The highest BCUT2D eigenvalue weighted by Crippen LogP contribution is 2.19. The number of aliphatic imine (C=N–C) groups is 1. The summed E-state index contributed by atoms with van der Waals surface area (Å²) in [6.45, 7) is 0. The van der Waals surface area contributed by atoms with Gasteiger partial charge >= 0.3 is 0 Å². The van der Waals surface area contributed by atoms with Crippen LogP contribution in [0, 0.1) is 5.92 Å². The van der Waals surface area contributed by atoms with Gasteiger partial charge in [-0.25, -0.2) is 9.98 Å². The van der Waals surface area contributed by atoms with E-state index in [1.807, 2.05) is 0 Å². The normalized spacial score (nSPS) is 15.4. The Labute approximate surface area is 159 Å². The number of amides is 3. The molecule has 1 aromatic heterocycles. The van der Waals surface area contributed by atoms with Crippen molar-refractivity contribution in [1.82, 2.24) is 4.98 Å². The number of ether oxygens (including phenoxy) is 1. The number of hydrogen-bond acceptors (Lipinski definition) is 6. The van der Waals surface area contributed by atoms with E-state index >= 15 is 0 Å². The number of carbonyl (C=O) groups is 3. The molecule has 138 valence electrons. The largest absolute Gasteiger partial charge is 0.497 e. The Morgan fingerprint density at radius 1 is 1.22 bits per heavy atom. The van der Waals surface area contributed by atoms with Crippen molar-refractivity contribution in [2.45, 2.75) is 6.42 Å². The number of anilines is 2. The Bertz CT molecular complexity index is 918.